The van der Waals surface area contributed by atoms with Crippen LogP contribution < -0.4 is 10.2 Å². The lowest BCUT2D eigenvalue weighted by Crippen LogP contribution is -2.30. The Bertz CT molecular complexity index is 731. The molecule has 0 radical (unpaired) electrons. The molecule has 132 valence electrons. The molecule has 0 spiro atoms. The lowest BCUT2D eigenvalue weighted by molar-refractivity contribution is 0.0937. The molecule has 0 fully saturated rings. The van der Waals surface area contributed by atoms with E-state index in [-0.39, 0.29) is 5.91 Å². The lowest BCUT2D eigenvalue weighted by atomic mass is 10.1. The summed E-state index contributed by atoms with van der Waals surface area (Å²) in [6.45, 7) is 4.99. The van der Waals surface area contributed by atoms with E-state index in [9.17, 15) is 4.79 Å². The van der Waals surface area contributed by atoms with Gasteiger partial charge in [-0.3, -0.25) is 4.79 Å². The zero-order valence-corrected chi connectivity index (χ0v) is 15.6. The van der Waals surface area contributed by atoms with Gasteiger partial charge in [-0.25, -0.2) is 0 Å². The standard InChI is InChI=1S/C20H24N2O2S/c1-15-3-5-16(6-4-15)14-22-10-12-25-19-8-7-17(13-18(19)22)20(23)21-9-11-24-2/h3-8,13H,9-12,14H2,1-2H3,(H,21,23). The molecule has 0 aliphatic carbocycles. The molecular weight excluding hydrogens is 332 g/mol. The van der Waals surface area contributed by atoms with E-state index in [0.29, 0.717) is 18.7 Å². The van der Waals surface area contributed by atoms with Crippen molar-refractivity contribution in [1.29, 1.82) is 0 Å². The maximum Gasteiger partial charge on any atom is 0.251 e. The van der Waals surface area contributed by atoms with Crippen LogP contribution in [-0.2, 0) is 11.3 Å². The number of rotatable bonds is 6. The molecule has 1 amide bonds. The topological polar surface area (TPSA) is 41.6 Å². The summed E-state index contributed by atoms with van der Waals surface area (Å²) >= 11 is 1.85. The van der Waals surface area contributed by atoms with E-state index in [2.05, 4.69) is 47.5 Å². The van der Waals surface area contributed by atoms with Gasteiger partial charge in [0.25, 0.3) is 5.91 Å². The van der Waals surface area contributed by atoms with E-state index in [1.807, 2.05) is 23.9 Å². The highest BCUT2D eigenvalue weighted by atomic mass is 32.2. The van der Waals surface area contributed by atoms with Gasteiger partial charge in [-0.1, -0.05) is 29.8 Å². The summed E-state index contributed by atoms with van der Waals surface area (Å²) < 4.78 is 4.98. The van der Waals surface area contributed by atoms with E-state index < -0.39 is 0 Å². The van der Waals surface area contributed by atoms with Gasteiger partial charge < -0.3 is 15.0 Å². The first-order valence-electron chi connectivity index (χ1n) is 8.52. The molecule has 0 saturated heterocycles. The molecule has 25 heavy (non-hydrogen) atoms. The van der Waals surface area contributed by atoms with Crippen molar-refractivity contribution in [3.8, 4) is 0 Å². The number of methoxy groups -OCH3 is 1. The van der Waals surface area contributed by atoms with Crippen molar-refractivity contribution in [2.45, 2.75) is 18.4 Å². The largest absolute Gasteiger partial charge is 0.383 e. The Morgan fingerprint density at radius 2 is 2.04 bits per heavy atom. The fraction of sp³-hybridized carbons (Fsp3) is 0.350. The second-order valence-corrected chi connectivity index (χ2v) is 7.32. The first-order chi connectivity index (χ1) is 12.2. The highest BCUT2D eigenvalue weighted by molar-refractivity contribution is 7.99. The summed E-state index contributed by atoms with van der Waals surface area (Å²) in [6, 6.07) is 14.6. The van der Waals surface area contributed by atoms with E-state index >= 15 is 0 Å². The third-order valence-electron chi connectivity index (χ3n) is 4.27. The number of hydrogen-bond donors (Lipinski definition) is 1. The fourth-order valence-electron chi connectivity index (χ4n) is 2.86. The molecule has 0 saturated carbocycles. The maximum absolute atomic E-state index is 12.3. The molecule has 1 aliphatic heterocycles. The van der Waals surface area contributed by atoms with Crippen LogP contribution in [0, 0.1) is 6.92 Å². The van der Waals surface area contributed by atoms with Crippen LogP contribution in [0.25, 0.3) is 0 Å². The molecule has 5 heteroatoms. The number of thioether (sulfide) groups is 1. The van der Waals surface area contributed by atoms with Crippen LogP contribution in [0.4, 0.5) is 5.69 Å². The number of amides is 1. The highest BCUT2D eigenvalue weighted by Crippen LogP contribution is 2.36. The van der Waals surface area contributed by atoms with E-state index in [1.54, 1.807) is 7.11 Å². The summed E-state index contributed by atoms with van der Waals surface area (Å²) in [5.41, 5.74) is 4.41. The third kappa shape index (κ3) is 4.55. The number of nitrogens with zero attached hydrogens (tertiary/aromatic N) is 1. The monoisotopic (exact) mass is 356 g/mol. The zero-order chi connectivity index (χ0) is 17.6. The third-order valence-corrected chi connectivity index (χ3v) is 5.31. The summed E-state index contributed by atoms with van der Waals surface area (Å²) in [5, 5.41) is 2.89. The number of aryl methyl sites for hydroxylation is 1. The minimum atomic E-state index is -0.0503. The molecule has 2 aromatic carbocycles. The number of fused-ring (bicyclic) bond motifs is 1. The summed E-state index contributed by atoms with van der Waals surface area (Å²) in [4.78, 5) is 15.9. The minimum absolute atomic E-state index is 0.0503. The van der Waals surface area contributed by atoms with Gasteiger partial charge in [0.2, 0.25) is 0 Å². The van der Waals surface area contributed by atoms with Gasteiger partial charge in [0.05, 0.1) is 12.3 Å². The normalized spacial score (nSPS) is 13.4. The van der Waals surface area contributed by atoms with Crippen molar-refractivity contribution in [2.24, 2.45) is 0 Å². The van der Waals surface area contributed by atoms with E-state index in [0.717, 1.165) is 24.5 Å². The predicted molar refractivity (Wildman–Crippen MR) is 104 cm³/mol. The number of anilines is 1. The number of hydrogen-bond acceptors (Lipinski definition) is 4. The molecule has 1 N–H and O–H groups in total. The second kappa shape index (κ2) is 8.41. The zero-order valence-electron chi connectivity index (χ0n) is 14.7. The van der Waals surface area contributed by atoms with Gasteiger partial charge in [0.15, 0.2) is 0 Å². The molecule has 2 aromatic rings. The Balaban J connectivity index is 1.77. The number of nitrogens with one attached hydrogen (secondary N) is 1. The Labute approximate surface area is 153 Å². The van der Waals surface area contributed by atoms with Crippen LogP contribution in [0.5, 0.6) is 0 Å². The van der Waals surface area contributed by atoms with E-state index in [4.69, 9.17) is 4.74 Å². The van der Waals surface area contributed by atoms with Crippen LogP contribution >= 0.6 is 11.8 Å². The molecule has 0 unspecified atom stereocenters. The first kappa shape index (κ1) is 17.8. The van der Waals surface area contributed by atoms with Crippen LogP contribution in [0.3, 0.4) is 0 Å². The summed E-state index contributed by atoms with van der Waals surface area (Å²) in [7, 11) is 1.63. The fourth-order valence-corrected chi connectivity index (χ4v) is 3.89. The van der Waals surface area contributed by atoms with Crippen molar-refractivity contribution >= 4 is 23.4 Å². The number of benzene rings is 2. The molecule has 3 rings (SSSR count). The molecule has 0 bridgehead atoms. The Kier molecular flexibility index (Phi) is 6.00. The van der Waals surface area contributed by atoms with Crippen molar-refractivity contribution in [2.75, 3.05) is 37.5 Å². The van der Waals surface area contributed by atoms with Crippen LogP contribution in [-0.4, -0.2) is 38.5 Å². The highest BCUT2D eigenvalue weighted by Gasteiger charge is 2.19. The van der Waals surface area contributed by atoms with Gasteiger partial charge in [-0.2, -0.15) is 0 Å². The van der Waals surface area contributed by atoms with Crippen LogP contribution in [0.1, 0.15) is 21.5 Å². The SMILES string of the molecule is COCCNC(=O)c1ccc2c(c1)N(Cc1ccc(C)cc1)CCS2. The number of ether oxygens (including phenoxy) is 1. The molecule has 4 nitrogen and oxygen atoms in total. The summed E-state index contributed by atoms with van der Waals surface area (Å²) in [6.07, 6.45) is 0. The van der Waals surface area contributed by atoms with Crippen molar-refractivity contribution in [1.82, 2.24) is 5.32 Å². The molecular formula is C20H24N2O2S. The van der Waals surface area contributed by atoms with Gasteiger partial charge in [0, 0.05) is 43.0 Å². The van der Waals surface area contributed by atoms with Gasteiger partial charge in [-0.15, -0.1) is 11.8 Å². The van der Waals surface area contributed by atoms with Crippen molar-refractivity contribution in [3.63, 3.8) is 0 Å². The van der Waals surface area contributed by atoms with E-state index in [1.165, 1.54) is 16.0 Å². The maximum atomic E-state index is 12.3. The average Bonchev–Trinajstić information content (AvgIpc) is 2.63. The quantitative estimate of drug-likeness (QED) is 0.805. The molecule has 1 heterocycles. The van der Waals surface area contributed by atoms with Gasteiger partial charge >= 0.3 is 0 Å². The Morgan fingerprint density at radius 3 is 2.80 bits per heavy atom. The van der Waals surface area contributed by atoms with Crippen molar-refractivity contribution in [3.05, 3.63) is 59.2 Å². The van der Waals surface area contributed by atoms with Gasteiger partial charge in [-0.05, 0) is 30.7 Å². The predicted octanol–water partition coefficient (Wildman–Crippen LogP) is 3.48. The Morgan fingerprint density at radius 1 is 1.24 bits per heavy atom. The van der Waals surface area contributed by atoms with Crippen molar-refractivity contribution < 1.29 is 9.53 Å². The van der Waals surface area contributed by atoms with Crippen LogP contribution in [0.2, 0.25) is 0 Å². The smallest absolute Gasteiger partial charge is 0.251 e. The second-order valence-electron chi connectivity index (χ2n) is 6.19. The lowest BCUT2D eigenvalue weighted by Gasteiger charge is -2.31. The number of carbonyl (C=O) groups is 1. The summed E-state index contributed by atoms with van der Waals surface area (Å²) in [5.74, 6) is 1.02. The average molecular weight is 356 g/mol. The molecule has 0 atom stereocenters. The molecule has 0 aromatic heterocycles. The first-order valence-corrected chi connectivity index (χ1v) is 9.50. The minimum Gasteiger partial charge on any atom is -0.383 e. The molecule has 1 aliphatic rings. The van der Waals surface area contributed by atoms with Crippen LogP contribution in [0.15, 0.2) is 47.4 Å². The Hall–Kier alpha value is -1.98. The number of carbonyl (C=O) groups excluding carboxylic acids is 1. The van der Waals surface area contributed by atoms with Gasteiger partial charge in [0.1, 0.15) is 0 Å².